The van der Waals surface area contributed by atoms with Gasteiger partial charge in [-0.25, -0.2) is 0 Å². The van der Waals surface area contributed by atoms with Crippen LogP contribution >= 0.6 is 11.3 Å². The van der Waals surface area contributed by atoms with Crippen molar-refractivity contribution in [3.63, 3.8) is 0 Å². The van der Waals surface area contributed by atoms with Crippen molar-refractivity contribution in [2.24, 2.45) is 7.05 Å². The molecule has 0 atom stereocenters. The lowest BCUT2D eigenvalue weighted by atomic mass is 10.1. The second-order valence-electron chi connectivity index (χ2n) is 8.11. The molecule has 7 rings (SSSR count). The van der Waals surface area contributed by atoms with Gasteiger partial charge in [-0.1, -0.05) is 47.7 Å². The second kappa shape index (κ2) is 5.96. The largest absolute Gasteiger partial charge is 0.456 e. The fraction of sp³-hybridized carbons (Fsp3) is 0.0741. The second-order valence-corrected chi connectivity index (χ2v) is 9.11. The van der Waals surface area contributed by atoms with Crippen molar-refractivity contribution < 1.29 is 13.4 Å². The minimum absolute atomic E-state index is 0.862. The zero-order chi connectivity index (χ0) is 20.7. The molecule has 0 bridgehead atoms. The third kappa shape index (κ3) is 2.25. The van der Waals surface area contributed by atoms with Crippen LogP contribution in [0.25, 0.3) is 64.7 Å². The van der Waals surface area contributed by atoms with Crippen LogP contribution in [0.2, 0.25) is 0 Å². The summed E-state index contributed by atoms with van der Waals surface area (Å²) in [6.45, 7) is 2.17. The molecule has 0 spiro atoms. The molecular weight excluding hydrogens is 402 g/mol. The molecule has 3 nitrogen and oxygen atoms in total. The summed E-state index contributed by atoms with van der Waals surface area (Å²) in [5.41, 5.74) is 7.32. The standard InChI is InChI=1S/C27H18NO2S/c1-15-7-3-4-8-16(15)27-28(2)20-11-12-22-25(26(20)31-27)19-13-18-17-9-5-6-10-21(17)29-23(18)14-24(19)30-22/h3-14H,1-2H3/q+1. The molecule has 3 aromatic heterocycles. The molecule has 7 aromatic rings. The summed E-state index contributed by atoms with van der Waals surface area (Å²) in [7, 11) is 2.15. The third-order valence-corrected chi connectivity index (χ3v) is 7.61. The van der Waals surface area contributed by atoms with E-state index in [1.54, 1.807) is 0 Å². The molecular formula is C27H18NO2S+. The van der Waals surface area contributed by atoms with Crippen LogP contribution in [0.15, 0.2) is 81.6 Å². The van der Waals surface area contributed by atoms with Crippen molar-refractivity contribution >= 4 is 65.4 Å². The van der Waals surface area contributed by atoms with E-state index in [-0.39, 0.29) is 0 Å². The maximum atomic E-state index is 6.28. The lowest BCUT2D eigenvalue weighted by Crippen LogP contribution is -2.28. The van der Waals surface area contributed by atoms with E-state index in [1.165, 1.54) is 31.7 Å². The number of aryl methyl sites for hydroxylation is 2. The molecule has 148 valence electrons. The molecule has 3 heterocycles. The zero-order valence-electron chi connectivity index (χ0n) is 17.1. The van der Waals surface area contributed by atoms with Crippen molar-refractivity contribution in [2.75, 3.05) is 0 Å². The summed E-state index contributed by atoms with van der Waals surface area (Å²) in [6, 6.07) is 25.3. The van der Waals surface area contributed by atoms with Crippen LogP contribution in [-0.4, -0.2) is 0 Å². The Morgan fingerprint density at radius 1 is 0.710 bits per heavy atom. The van der Waals surface area contributed by atoms with Gasteiger partial charge >= 0.3 is 0 Å². The van der Waals surface area contributed by atoms with Gasteiger partial charge in [-0.15, -0.1) is 0 Å². The van der Waals surface area contributed by atoms with E-state index in [4.69, 9.17) is 8.83 Å². The molecule has 0 fully saturated rings. The molecule has 0 amide bonds. The van der Waals surface area contributed by atoms with Gasteiger partial charge in [0.25, 0.3) is 5.01 Å². The van der Waals surface area contributed by atoms with Crippen LogP contribution in [0, 0.1) is 6.92 Å². The molecule has 4 aromatic carbocycles. The highest BCUT2D eigenvalue weighted by Crippen LogP contribution is 2.42. The summed E-state index contributed by atoms with van der Waals surface area (Å²) < 4.78 is 15.9. The van der Waals surface area contributed by atoms with Crippen molar-refractivity contribution in [1.29, 1.82) is 0 Å². The fourth-order valence-electron chi connectivity index (χ4n) is 4.74. The number of hydrogen-bond acceptors (Lipinski definition) is 3. The highest BCUT2D eigenvalue weighted by atomic mass is 32.1. The molecule has 31 heavy (non-hydrogen) atoms. The van der Waals surface area contributed by atoms with E-state index in [1.807, 2.05) is 29.5 Å². The van der Waals surface area contributed by atoms with Crippen LogP contribution in [0.5, 0.6) is 0 Å². The first-order valence-corrected chi connectivity index (χ1v) is 11.2. The van der Waals surface area contributed by atoms with Gasteiger partial charge in [0.15, 0.2) is 0 Å². The summed E-state index contributed by atoms with van der Waals surface area (Å²) in [5, 5.41) is 5.84. The maximum Gasteiger partial charge on any atom is 0.270 e. The zero-order valence-corrected chi connectivity index (χ0v) is 17.9. The third-order valence-electron chi connectivity index (χ3n) is 6.31. The van der Waals surface area contributed by atoms with Gasteiger partial charge in [-0.2, -0.15) is 4.57 Å². The molecule has 0 saturated carbocycles. The molecule has 0 aliphatic rings. The van der Waals surface area contributed by atoms with Gasteiger partial charge < -0.3 is 8.83 Å². The molecule has 0 aliphatic heterocycles. The predicted octanol–water partition coefficient (Wildman–Crippen LogP) is 7.50. The first-order valence-electron chi connectivity index (χ1n) is 10.3. The predicted molar refractivity (Wildman–Crippen MR) is 128 cm³/mol. The van der Waals surface area contributed by atoms with E-state index in [2.05, 4.69) is 73.1 Å². The van der Waals surface area contributed by atoms with Gasteiger partial charge in [-0.05, 0) is 36.8 Å². The highest BCUT2D eigenvalue weighted by molar-refractivity contribution is 7.22. The van der Waals surface area contributed by atoms with Crippen LogP contribution in [0.3, 0.4) is 0 Å². The number of furan rings is 2. The van der Waals surface area contributed by atoms with Crippen molar-refractivity contribution in [3.05, 3.63) is 78.4 Å². The van der Waals surface area contributed by atoms with E-state index >= 15 is 0 Å². The summed E-state index contributed by atoms with van der Waals surface area (Å²) in [5.74, 6) is 0. The number of thiazole rings is 1. The van der Waals surface area contributed by atoms with Crippen LogP contribution < -0.4 is 4.57 Å². The number of benzene rings is 4. The molecule has 0 aliphatic carbocycles. The summed E-state index contributed by atoms with van der Waals surface area (Å²) in [4.78, 5) is 0. The lowest BCUT2D eigenvalue weighted by Gasteiger charge is -1.98. The Labute approximate surface area is 181 Å². The van der Waals surface area contributed by atoms with Gasteiger partial charge in [0.1, 0.15) is 34.1 Å². The SMILES string of the molecule is Cc1ccccc1-c1sc2c3c(ccc2[n+]1C)oc1cc2oc4ccccc4c2cc13. The quantitative estimate of drug-likeness (QED) is 0.257. The fourth-order valence-corrected chi connectivity index (χ4v) is 6.12. The number of fused-ring (bicyclic) bond motifs is 8. The Kier molecular flexibility index (Phi) is 3.29. The van der Waals surface area contributed by atoms with Gasteiger partial charge in [0.05, 0.1) is 10.9 Å². The Morgan fingerprint density at radius 2 is 1.48 bits per heavy atom. The van der Waals surface area contributed by atoms with Crippen LogP contribution in [-0.2, 0) is 7.05 Å². The number of para-hydroxylation sites is 1. The molecule has 0 N–H and O–H groups in total. The highest BCUT2D eigenvalue weighted by Gasteiger charge is 2.24. The monoisotopic (exact) mass is 420 g/mol. The van der Waals surface area contributed by atoms with E-state index in [0.29, 0.717) is 0 Å². The minimum Gasteiger partial charge on any atom is -0.456 e. The van der Waals surface area contributed by atoms with E-state index in [0.717, 1.165) is 38.5 Å². The molecule has 4 heteroatoms. The van der Waals surface area contributed by atoms with Crippen molar-refractivity contribution in [1.82, 2.24) is 0 Å². The minimum atomic E-state index is 0.862. The average Bonchev–Trinajstić information content (AvgIpc) is 3.43. The number of hydrogen-bond donors (Lipinski definition) is 0. The van der Waals surface area contributed by atoms with E-state index < -0.39 is 0 Å². The van der Waals surface area contributed by atoms with Gasteiger partial charge in [-0.3, -0.25) is 0 Å². The van der Waals surface area contributed by atoms with Gasteiger partial charge in [0.2, 0.25) is 5.52 Å². The van der Waals surface area contributed by atoms with Crippen LogP contribution in [0.1, 0.15) is 5.56 Å². The Bertz CT molecular complexity index is 1820. The Hall–Kier alpha value is -3.63. The number of aromatic nitrogens is 1. The summed E-state index contributed by atoms with van der Waals surface area (Å²) in [6.07, 6.45) is 0. The Balaban J connectivity index is 1.62. The maximum absolute atomic E-state index is 6.28. The van der Waals surface area contributed by atoms with Gasteiger partial charge in [0, 0.05) is 28.3 Å². The van der Waals surface area contributed by atoms with Crippen molar-refractivity contribution in [3.8, 4) is 10.6 Å². The lowest BCUT2D eigenvalue weighted by molar-refractivity contribution is -0.629. The average molecular weight is 421 g/mol. The summed E-state index contributed by atoms with van der Waals surface area (Å²) >= 11 is 1.83. The van der Waals surface area contributed by atoms with Crippen LogP contribution in [0.4, 0.5) is 0 Å². The Morgan fingerprint density at radius 3 is 2.39 bits per heavy atom. The molecule has 0 saturated heterocycles. The number of nitrogens with zero attached hydrogens (tertiary/aromatic N) is 1. The molecule has 0 unspecified atom stereocenters. The molecule has 0 radical (unpaired) electrons. The topological polar surface area (TPSA) is 30.2 Å². The van der Waals surface area contributed by atoms with E-state index in [9.17, 15) is 0 Å². The van der Waals surface area contributed by atoms with Crippen molar-refractivity contribution in [2.45, 2.75) is 6.92 Å². The smallest absolute Gasteiger partial charge is 0.270 e. The normalized spacial score (nSPS) is 12.2. The number of rotatable bonds is 1. The first-order chi connectivity index (χ1) is 15.2. The first kappa shape index (κ1) is 17.1.